The predicted molar refractivity (Wildman–Crippen MR) is 77.3 cm³/mol. The molecule has 2 rings (SSSR count). The van der Waals surface area contributed by atoms with E-state index >= 15 is 0 Å². The van der Waals surface area contributed by atoms with Crippen LogP contribution in [0.3, 0.4) is 0 Å². The first-order valence-electron chi connectivity index (χ1n) is 6.51. The third-order valence-electron chi connectivity index (χ3n) is 2.73. The highest BCUT2D eigenvalue weighted by Gasteiger charge is 2.18. The lowest BCUT2D eigenvalue weighted by Crippen LogP contribution is -2.36. The van der Waals surface area contributed by atoms with Gasteiger partial charge in [-0.1, -0.05) is 0 Å². The van der Waals surface area contributed by atoms with E-state index in [1.54, 1.807) is 6.20 Å². The fourth-order valence-electron chi connectivity index (χ4n) is 1.90. The molecule has 0 aliphatic carbocycles. The van der Waals surface area contributed by atoms with Crippen LogP contribution in [0.25, 0.3) is 10.9 Å². The lowest BCUT2D eigenvalue weighted by molar-refractivity contribution is 0.0524. The Morgan fingerprint density at radius 3 is 2.95 bits per heavy atom. The van der Waals surface area contributed by atoms with Crippen LogP contribution in [0.1, 0.15) is 32.5 Å². The largest absolute Gasteiger partial charge is 0.444 e. The van der Waals surface area contributed by atoms with Gasteiger partial charge in [0.05, 0.1) is 11.7 Å². The molecule has 0 radical (unpaired) electrons. The Balaban J connectivity index is 2.00. The highest BCUT2D eigenvalue weighted by atomic mass is 16.6. The van der Waals surface area contributed by atoms with Crippen LogP contribution in [0.4, 0.5) is 4.79 Å². The molecular weight excluding hydrogens is 256 g/mol. The summed E-state index contributed by atoms with van der Waals surface area (Å²) in [5.74, 6) is 0. The first-order chi connectivity index (χ1) is 9.37. The second-order valence-electron chi connectivity index (χ2n) is 5.62. The number of aromatic amines is 1. The topological polar surface area (TPSA) is 93.0 Å². The third kappa shape index (κ3) is 3.48. The van der Waals surface area contributed by atoms with E-state index in [0.717, 1.165) is 16.6 Å². The number of ether oxygens (including phenoxy) is 1. The molecule has 1 amide bonds. The van der Waals surface area contributed by atoms with E-state index in [9.17, 15) is 4.79 Å². The number of pyridine rings is 1. The number of alkyl carbamates (subject to hydrolysis) is 1. The monoisotopic (exact) mass is 276 g/mol. The first-order valence-corrected chi connectivity index (χ1v) is 6.51. The number of nitrogens with two attached hydrogens (primary N) is 1. The number of H-pyrrole nitrogens is 1. The summed E-state index contributed by atoms with van der Waals surface area (Å²) in [5, 5.41) is 3.62. The third-order valence-corrected chi connectivity index (χ3v) is 2.73. The van der Waals surface area contributed by atoms with E-state index in [0.29, 0.717) is 0 Å². The van der Waals surface area contributed by atoms with Crippen molar-refractivity contribution in [1.29, 1.82) is 0 Å². The molecular formula is C14H20N4O2. The van der Waals surface area contributed by atoms with Gasteiger partial charge in [0.2, 0.25) is 0 Å². The minimum atomic E-state index is -0.521. The van der Waals surface area contributed by atoms with Gasteiger partial charge in [0, 0.05) is 29.8 Å². The van der Waals surface area contributed by atoms with Crippen molar-refractivity contribution in [3.8, 4) is 0 Å². The maximum Gasteiger partial charge on any atom is 0.407 e. The van der Waals surface area contributed by atoms with Gasteiger partial charge < -0.3 is 20.8 Å². The van der Waals surface area contributed by atoms with Crippen molar-refractivity contribution in [3.63, 3.8) is 0 Å². The Labute approximate surface area is 117 Å². The van der Waals surface area contributed by atoms with Crippen LogP contribution in [0, 0.1) is 0 Å². The van der Waals surface area contributed by atoms with Crippen molar-refractivity contribution in [2.45, 2.75) is 32.4 Å². The second kappa shape index (κ2) is 5.50. The Morgan fingerprint density at radius 1 is 1.50 bits per heavy atom. The van der Waals surface area contributed by atoms with Gasteiger partial charge in [-0.15, -0.1) is 0 Å². The number of nitrogens with one attached hydrogen (secondary N) is 2. The van der Waals surface area contributed by atoms with Gasteiger partial charge in [-0.2, -0.15) is 0 Å². The highest BCUT2D eigenvalue weighted by molar-refractivity contribution is 5.81. The number of fused-ring (bicyclic) bond motifs is 1. The Bertz CT molecular complexity index is 600. The lowest BCUT2D eigenvalue weighted by Gasteiger charge is -2.20. The summed E-state index contributed by atoms with van der Waals surface area (Å²) in [6, 6.07) is 3.42. The van der Waals surface area contributed by atoms with Crippen LogP contribution < -0.4 is 11.1 Å². The van der Waals surface area contributed by atoms with E-state index in [-0.39, 0.29) is 12.6 Å². The summed E-state index contributed by atoms with van der Waals surface area (Å²) in [5.41, 5.74) is 7.29. The normalized spacial score (nSPS) is 13.2. The average molecular weight is 276 g/mol. The fraction of sp³-hybridized carbons (Fsp3) is 0.429. The Kier molecular flexibility index (Phi) is 3.94. The maximum atomic E-state index is 11.6. The SMILES string of the molecule is CC(C)(C)OC(=O)NCC(N)c1nccc2[nH]ccc12. The van der Waals surface area contributed by atoms with Crippen molar-refractivity contribution in [3.05, 3.63) is 30.2 Å². The molecule has 0 bridgehead atoms. The molecule has 0 aliphatic heterocycles. The minimum Gasteiger partial charge on any atom is -0.444 e. The number of hydrogen-bond donors (Lipinski definition) is 3. The zero-order valence-corrected chi connectivity index (χ0v) is 11.9. The van der Waals surface area contributed by atoms with Gasteiger partial charge in [-0.3, -0.25) is 4.98 Å². The molecule has 6 nitrogen and oxygen atoms in total. The first kappa shape index (κ1) is 14.3. The van der Waals surface area contributed by atoms with Crippen molar-refractivity contribution >= 4 is 17.0 Å². The number of hydrogen-bond acceptors (Lipinski definition) is 4. The summed E-state index contributed by atoms with van der Waals surface area (Å²) in [7, 11) is 0. The number of rotatable bonds is 3. The molecule has 1 atom stereocenters. The van der Waals surface area contributed by atoms with Crippen LogP contribution in [0.5, 0.6) is 0 Å². The number of carbonyl (C=O) groups is 1. The van der Waals surface area contributed by atoms with E-state index in [4.69, 9.17) is 10.5 Å². The smallest absolute Gasteiger partial charge is 0.407 e. The number of carbonyl (C=O) groups excluding carboxylic acids is 1. The molecule has 108 valence electrons. The summed E-state index contributed by atoms with van der Waals surface area (Å²) in [6.45, 7) is 5.71. The molecule has 6 heteroatoms. The van der Waals surface area contributed by atoms with Crippen LogP contribution >= 0.6 is 0 Å². The lowest BCUT2D eigenvalue weighted by atomic mass is 10.1. The van der Waals surface area contributed by atoms with Gasteiger partial charge in [-0.25, -0.2) is 4.79 Å². The molecule has 2 aromatic rings. The number of amides is 1. The van der Waals surface area contributed by atoms with Crippen molar-refractivity contribution in [2.75, 3.05) is 6.54 Å². The van der Waals surface area contributed by atoms with Crippen molar-refractivity contribution < 1.29 is 9.53 Å². The maximum absolute atomic E-state index is 11.6. The van der Waals surface area contributed by atoms with Crippen LogP contribution in [-0.2, 0) is 4.74 Å². The van der Waals surface area contributed by atoms with Crippen LogP contribution in [-0.4, -0.2) is 28.2 Å². The zero-order chi connectivity index (χ0) is 14.8. The zero-order valence-electron chi connectivity index (χ0n) is 11.9. The van der Waals surface area contributed by atoms with E-state index in [2.05, 4.69) is 15.3 Å². The van der Waals surface area contributed by atoms with E-state index in [1.807, 2.05) is 39.1 Å². The predicted octanol–water partition coefficient (Wildman–Crippen LogP) is 2.09. The molecule has 1 unspecified atom stereocenters. The molecule has 0 aliphatic rings. The quantitative estimate of drug-likeness (QED) is 0.800. The van der Waals surface area contributed by atoms with Gasteiger partial charge in [0.1, 0.15) is 5.60 Å². The second-order valence-corrected chi connectivity index (χ2v) is 5.62. The molecule has 2 heterocycles. The van der Waals surface area contributed by atoms with Crippen molar-refractivity contribution in [1.82, 2.24) is 15.3 Å². The van der Waals surface area contributed by atoms with Crippen LogP contribution in [0.15, 0.2) is 24.5 Å². The Hall–Kier alpha value is -2.08. The molecule has 0 aromatic carbocycles. The van der Waals surface area contributed by atoms with Gasteiger partial charge in [-0.05, 0) is 32.9 Å². The molecule has 2 aromatic heterocycles. The van der Waals surface area contributed by atoms with Gasteiger partial charge in [0.25, 0.3) is 0 Å². The van der Waals surface area contributed by atoms with Gasteiger partial charge in [0.15, 0.2) is 0 Å². The number of nitrogens with zero attached hydrogens (tertiary/aromatic N) is 1. The van der Waals surface area contributed by atoms with Gasteiger partial charge >= 0.3 is 6.09 Å². The fourth-order valence-corrected chi connectivity index (χ4v) is 1.90. The van der Waals surface area contributed by atoms with Crippen LogP contribution in [0.2, 0.25) is 0 Å². The summed E-state index contributed by atoms with van der Waals surface area (Å²) >= 11 is 0. The molecule has 0 spiro atoms. The standard InChI is InChI=1S/C14H20N4O2/c1-14(2,3)20-13(19)18-8-10(15)12-9-4-6-16-11(9)5-7-17-12/h4-7,10,16H,8,15H2,1-3H3,(H,18,19). The molecule has 4 N–H and O–H groups in total. The summed E-state index contributed by atoms with van der Waals surface area (Å²) in [4.78, 5) is 19.0. The molecule has 0 fully saturated rings. The highest BCUT2D eigenvalue weighted by Crippen LogP contribution is 2.19. The molecule has 0 saturated carbocycles. The summed E-state index contributed by atoms with van der Waals surface area (Å²) < 4.78 is 5.16. The van der Waals surface area contributed by atoms with E-state index < -0.39 is 11.7 Å². The Morgan fingerprint density at radius 2 is 2.25 bits per heavy atom. The van der Waals surface area contributed by atoms with E-state index in [1.165, 1.54) is 0 Å². The summed E-state index contributed by atoms with van der Waals surface area (Å²) in [6.07, 6.45) is 3.06. The van der Waals surface area contributed by atoms with Crippen molar-refractivity contribution in [2.24, 2.45) is 5.73 Å². The molecule has 0 saturated heterocycles. The number of aromatic nitrogens is 2. The average Bonchev–Trinajstić information content (AvgIpc) is 2.81. The molecule has 20 heavy (non-hydrogen) atoms. The minimum absolute atomic E-state index is 0.270.